The average molecular weight is 391 g/mol. The molecule has 2 aromatic heterocycles. The molecule has 8 nitrogen and oxygen atoms in total. The van der Waals surface area contributed by atoms with Crippen LogP contribution in [-0.4, -0.2) is 51.4 Å². The van der Waals surface area contributed by atoms with Crippen LogP contribution in [-0.2, 0) is 24.3 Å². The lowest BCUT2D eigenvalue weighted by Crippen LogP contribution is -2.48. The second-order valence-electron chi connectivity index (χ2n) is 6.88. The minimum Gasteiger partial charge on any atom is -0.376 e. The maximum Gasteiger partial charge on any atom is 0.273 e. The van der Waals surface area contributed by atoms with Crippen molar-refractivity contribution in [3.05, 3.63) is 34.4 Å². The summed E-state index contributed by atoms with van der Waals surface area (Å²) in [6.07, 6.45) is 6.22. The van der Waals surface area contributed by atoms with Gasteiger partial charge in [-0.1, -0.05) is 11.6 Å². The molecule has 2 aliphatic rings. The molecule has 0 unspecified atom stereocenters. The molecular formula is C18H23ClN6O2. The first-order chi connectivity index (χ1) is 13.1. The number of aryl methyl sites for hydroxylation is 1. The van der Waals surface area contributed by atoms with Crippen molar-refractivity contribution >= 4 is 23.5 Å². The fourth-order valence-electron chi connectivity index (χ4n) is 3.52. The van der Waals surface area contributed by atoms with Gasteiger partial charge in [-0.15, -0.1) is 0 Å². The maximum atomic E-state index is 12.6. The Morgan fingerprint density at radius 1 is 1.48 bits per heavy atom. The van der Waals surface area contributed by atoms with Gasteiger partial charge < -0.3 is 15.0 Å². The molecule has 1 N–H and O–H groups in total. The number of anilines is 1. The van der Waals surface area contributed by atoms with Gasteiger partial charge in [0.2, 0.25) is 5.95 Å². The number of halogens is 1. The number of nitrogens with zero attached hydrogens (tertiary/aromatic N) is 5. The minimum absolute atomic E-state index is 0.0112. The Hall–Kier alpha value is -2.19. The van der Waals surface area contributed by atoms with E-state index in [0.29, 0.717) is 31.3 Å². The molecule has 2 aromatic rings. The Morgan fingerprint density at radius 3 is 3.19 bits per heavy atom. The monoisotopic (exact) mass is 390 g/mol. The van der Waals surface area contributed by atoms with E-state index in [1.54, 1.807) is 10.9 Å². The van der Waals surface area contributed by atoms with Gasteiger partial charge in [-0.05, 0) is 19.8 Å². The highest BCUT2D eigenvalue weighted by molar-refractivity contribution is 6.33. The first-order valence-electron chi connectivity index (χ1n) is 9.35. The molecule has 0 saturated carbocycles. The van der Waals surface area contributed by atoms with E-state index in [9.17, 15) is 4.79 Å². The number of carbonyl (C=O) groups excluding carboxylic acids is 1. The normalized spacial score (nSPS) is 19.6. The maximum absolute atomic E-state index is 12.6. The Kier molecular flexibility index (Phi) is 5.27. The van der Waals surface area contributed by atoms with E-state index in [1.807, 2.05) is 13.1 Å². The van der Waals surface area contributed by atoms with Gasteiger partial charge in [0.1, 0.15) is 0 Å². The van der Waals surface area contributed by atoms with Gasteiger partial charge in [-0.3, -0.25) is 9.48 Å². The highest BCUT2D eigenvalue weighted by Crippen LogP contribution is 2.21. The quantitative estimate of drug-likeness (QED) is 0.857. The van der Waals surface area contributed by atoms with Gasteiger partial charge in [-0.2, -0.15) is 5.10 Å². The van der Waals surface area contributed by atoms with Crippen LogP contribution in [0.5, 0.6) is 0 Å². The van der Waals surface area contributed by atoms with Crippen LogP contribution in [0.1, 0.15) is 41.5 Å². The van der Waals surface area contributed by atoms with Crippen molar-refractivity contribution < 1.29 is 9.53 Å². The summed E-state index contributed by atoms with van der Waals surface area (Å²) in [4.78, 5) is 23.9. The smallest absolute Gasteiger partial charge is 0.273 e. The zero-order valence-corrected chi connectivity index (χ0v) is 16.1. The third kappa shape index (κ3) is 3.91. The number of carbonyl (C=O) groups is 1. The number of rotatable bonds is 4. The summed E-state index contributed by atoms with van der Waals surface area (Å²) in [5, 5.41) is 7.68. The molecule has 1 amide bonds. The summed E-state index contributed by atoms with van der Waals surface area (Å²) in [6.45, 7) is 5.46. The number of amides is 1. The Bertz CT molecular complexity index is 839. The van der Waals surface area contributed by atoms with Gasteiger partial charge >= 0.3 is 0 Å². The van der Waals surface area contributed by atoms with Crippen molar-refractivity contribution in [1.82, 2.24) is 25.1 Å². The Morgan fingerprint density at radius 2 is 2.37 bits per heavy atom. The van der Waals surface area contributed by atoms with Crippen molar-refractivity contribution in [2.45, 2.75) is 45.4 Å². The summed E-state index contributed by atoms with van der Waals surface area (Å²) in [7, 11) is 0. The molecule has 9 heteroatoms. The number of hydrogen-bond donors (Lipinski definition) is 1. The van der Waals surface area contributed by atoms with Gasteiger partial charge in [0.05, 0.1) is 23.9 Å². The lowest BCUT2D eigenvalue weighted by atomic mass is 10.1. The highest BCUT2D eigenvalue weighted by atomic mass is 35.5. The van der Waals surface area contributed by atoms with Crippen molar-refractivity contribution in [3.63, 3.8) is 0 Å². The molecule has 0 spiro atoms. The predicted octanol–water partition coefficient (Wildman–Crippen LogP) is 1.82. The second-order valence-corrected chi connectivity index (χ2v) is 7.29. The zero-order chi connectivity index (χ0) is 18.8. The van der Waals surface area contributed by atoms with Gasteiger partial charge in [-0.25, -0.2) is 9.97 Å². The molecule has 0 radical (unpaired) electrons. The Balaban J connectivity index is 1.43. The molecule has 27 heavy (non-hydrogen) atoms. The summed E-state index contributed by atoms with van der Waals surface area (Å²) in [5.74, 6) is 0.491. The fourth-order valence-corrected chi connectivity index (χ4v) is 3.75. The lowest BCUT2D eigenvalue weighted by Gasteiger charge is -2.33. The molecule has 4 heterocycles. The molecule has 0 aliphatic carbocycles. The Labute approximate surface area is 162 Å². The first kappa shape index (κ1) is 18.2. The van der Waals surface area contributed by atoms with Crippen LogP contribution in [0, 0.1) is 0 Å². The summed E-state index contributed by atoms with van der Waals surface area (Å²) in [6, 6.07) is 0.0112. The average Bonchev–Trinajstić information content (AvgIpc) is 3.09. The largest absolute Gasteiger partial charge is 0.376 e. The predicted molar refractivity (Wildman–Crippen MR) is 101 cm³/mol. The standard InChI is InChI=1S/C18H23ClN6O2/c1-2-25-10-14(19)16(23-25)17(26)21-13-4-3-6-24(9-13)18-20-8-12-11-27-7-5-15(12)22-18/h8,10,13H,2-7,9,11H2,1H3,(H,21,26)/t13-/m1/s1. The number of ether oxygens (including phenoxy) is 1. The van der Waals surface area contributed by atoms with E-state index in [2.05, 4.69) is 20.3 Å². The van der Waals surface area contributed by atoms with Crippen molar-refractivity contribution in [2.75, 3.05) is 24.6 Å². The molecule has 0 bridgehead atoms. The number of piperidine rings is 1. The van der Waals surface area contributed by atoms with Gasteiger partial charge in [0.25, 0.3) is 5.91 Å². The summed E-state index contributed by atoms with van der Waals surface area (Å²) >= 11 is 6.14. The molecular weight excluding hydrogens is 368 g/mol. The highest BCUT2D eigenvalue weighted by Gasteiger charge is 2.26. The SMILES string of the molecule is CCn1cc(Cl)c(C(=O)N[C@@H]2CCCN(c3ncc4c(n3)CCOC4)C2)n1. The second kappa shape index (κ2) is 7.82. The third-order valence-electron chi connectivity index (χ3n) is 4.98. The zero-order valence-electron chi connectivity index (χ0n) is 15.3. The molecule has 0 aromatic carbocycles. The summed E-state index contributed by atoms with van der Waals surface area (Å²) in [5.41, 5.74) is 2.41. The van der Waals surface area contributed by atoms with Crippen LogP contribution in [0.25, 0.3) is 0 Å². The lowest BCUT2D eigenvalue weighted by molar-refractivity contribution is 0.0927. The fraction of sp³-hybridized carbons (Fsp3) is 0.556. The molecule has 1 saturated heterocycles. The first-order valence-corrected chi connectivity index (χ1v) is 9.73. The van der Waals surface area contributed by atoms with Crippen LogP contribution in [0.15, 0.2) is 12.4 Å². The van der Waals surface area contributed by atoms with Gasteiger partial charge in [0.15, 0.2) is 5.69 Å². The van der Waals surface area contributed by atoms with E-state index >= 15 is 0 Å². The van der Waals surface area contributed by atoms with Crippen molar-refractivity contribution in [1.29, 1.82) is 0 Å². The molecule has 4 rings (SSSR count). The summed E-state index contributed by atoms with van der Waals surface area (Å²) < 4.78 is 7.11. The number of hydrogen-bond acceptors (Lipinski definition) is 6. The molecule has 1 fully saturated rings. The van der Waals surface area contributed by atoms with Gasteiger partial charge in [0, 0.05) is 50.1 Å². The minimum atomic E-state index is -0.234. The van der Waals surface area contributed by atoms with Crippen molar-refractivity contribution in [3.8, 4) is 0 Å². The van der Waals surface area contributed by atoms with E-state index in [4.69, 9.17) is 21.3 Å². The number of nitrogens with one attached hydrogen (secondary N) is 1. The van der Waals surface area contributed by atoms with Crippen LogP contribution >= 0.6 is 11.6 Å². The topological polar surface area (TPSA) is 85.2 Å². The van der Waals surface area contributed by atoms with Crippen LogP contribution < -0.4 is 10.2 Å². The molecule has 2 aliphatic heterocycles. The number of fused-ring (bicyclic) bond motifs is 1. The van der Waals surface area contributed by atoms with E-state index in [0.717, 1.165) is 43.0 Å². The van der Waals surface area contributed by atoms with Crippen molar-refractivity contribution in [2.24, 2.45) is 0 Å². The third-order valence-corrected chi connectivity index (χ3v) is 5.25. The number of aromatic nitrogens is 4. The van der Waals surface area contributed by atoms with E-state index in [-0.39, 0.29) is 17.6 Å². The van der Waals surface area contributed by atoms with Crippen LogP contribution in [0.3, 0.4) is 0 Å². The van der Waals surface area contributed by atoms with Crippen LogP contribution in [0.2, 0.25) is 5.02 Å². The van der Waals surface area contributed by atoms with Crippen LogP contribution in [0.4, 0.5) is 5.95 Å². The van der Waals surface area contributed by atoms with E-state index in [1.165, 1.54) is 0 Å². The molecule has 144 valence electrons. The van der Waals surface area contributed by atoms with E-state index < -0.39 is 0 Å². The molecule has 1 atom stereocenters.